The standard InChI is InChI=1S/C3H11N2O2P/c4-2-1-3-7-8(5)6/h6H,1-5H2. The van der Waals surface area contributed by atoms with Gasteiger partial charge < -0.3 is 15.2 Å². The summed E-state index contributed by atoms with van der Waals surface area (Å²) < 4.78 is 4.60. The molecule has 0 radical (unpaired) electrons. The first-order valence-corrected chi connectivity index (χ1v) is 3.62. The molecule has 0 aromatic heterocycles. The normalized spacial score (nSPS) is 13.9. The molecular weight excluding hydrogens is 127 g/mol. The zero-order valence-corrected chi connectivity index (χ0v) is 5.47. The van der Waals surface area contributed by atoms with E-state index in [4.69, 9.17) is 16.1 Å². The second kappa shape index (κ2) is 5.41. The first-order valence-electron chi connectivity index (χ1n) is 2.34. The molecule has 0 aliphatic rings. The number of rotatable bonds is 4. The summed E-state index contributed by atoms with van der Waals surface area (Å²) in [6.07, 6.45) is 0.747. The van der Waals surface area contributed by atoms with Crippen molar-refractivity contribution in [1.29, 1.82) is 0 Å². The molecule has 0 bridgehead atoms. The molecule has 0 aliphatic heterocycles. The third-order valence-corrected chi connectivity index (χ3v) is 1.02. The SMILES string of the molecule is NCCCOP(N)O. The van der Waals surface area contributed by atoms with Crippen LogP contribution in [0.25, 0.3) is 0 Å². The van der Waals surface area contributed by atoms with Crippen molar-refractivity contribution in [2.45, 2.75) is 6.42 Å². The molecule has 0 spiro atoms. The fourth-order valence-electron chi connectivity index (χ4n) is 0.241. The third kappa shape index (κ3) is 6.27. The molecule has 4 nitrogen and oxygen atoms in total. The van der Waals surface area contributed by atoms with Crippen molar-refractivity contribution in [3.05, 3.63) is 0 Å². The maximum atomic E-state index is 8.36. The Morgan fingerprint density at radius 2 is 2.25 bits per heavy atom. The molecular formula is C3H11N2O2P. The maximum Gasteiger partial charge on any atom is 0.250 e. The Labute approximate surface area is 49.8 Å². The van der Waals surface area contributed by atoms with Crippen molar-refractivity contribution in [1.82, 2.24) is 0 Å². The molecule has 1 atom stereocenters. The topological polar surface area (TPSA) is 81.5 Å². The molecule has 5 heteroatoms. The Morgan fingerprint density at radius 1 is 1.62 bits per heavy atom. The summed E-state index contributed by atoms with van der Waals surface area (Å²) in [5, 5.41) is 0. The summed E-state index contributed by atoms with van der Waals surface area (Å²) in [7, 11) is -1.67. The van der Waals surface area contributed by atoms with Gasteiger partial charge in [-0.2, -0.15) is 0 Å². The lowest BCUT2D eigenvalue weighted by atomic mass is 10.5. The predicted molar refractivity (Wildman–Crippen MR) is 32.9 cm³/mol. The first-order chi connectivity index (χ1) is 3.77. The molecule has 0 saturated carbocycles. The highest BCUT2D eigenvalue weighted by atomic mass is 31.2. The van der Waals surface area contributed by atoms with E-state index in [1.165, 1.54) is 0 Å². The molecule has 0 heterocycles. The summed E-state index contributed by atoms with van der Waals surface area (Å²) in [4.78, 5) is 8.36. The van der Waals surface area contributed by atoms with Crippen LogP contribution in [0.3, 0.4) is 0 Å². The summed E-state index contributed by atoms with van der Waals surface area (Å²) in [6.45, 7) is 1.03. The van der Waals surface area contributed by atoms with E-state index in [9.17, 15) is 0 Å². The molecule has 1 unspecified atom stereocenters. The minimum atomic E-state index is -1.67. The molecule has 0 aromatic rings. The largest absolute Gasteiger partial charge is 0.338 e. The lowest BCUT2D eigenvalue weighted by Crippen LogP contribution is -2.03. The van der Waals surface area contributed by atoms with E-state index in [2.05, 4.69) is 4.52 Å². The van der Waals surface area contributed by atoms with Crippen molar-refractivity contribution in [3.8, 4) is 0 Å². The fraction of sp³-hybridized carbons (Fsp3) is 1.00. The van der Waals surface area contributed by atoms with Gasteiger partial charge >= 0.3 is 0 Å². The van der Waals surface area contributed by atoms with Gasteiger partial charge in [0.15, 0.2) is 0 Å². The van der Waals surface area contributed by atoms with Crippen LogP contribution in [-0.4, -0.2) is 18.0 Å². The van der Waals surface area contributed by atoms with Crippen molar-refractivity contribution in [2.75, 3.05) is 13.2 Å². The Kier molecular flexibility index (Phi) is 5.59. The molecule has 0 rings (SSSR count). The van der Waals surface area contributed by atoms with Gasteiger partial charge in [0.25, 0.3) is 0 Å². The van der Waals surface area contributed by atoms with Crippen LogP contribution < -0.4 is 11.2 Å². The minimum absolute atomic E-state index is 0.454. The van der Waals surface area contributed by atoms with Gasteiger partial charge in [0.2, 0.25) is 8.53 Å². The zero-order valence-electron chi connectivity index (χ0n) is 4.58. The van der Waals surface area contributed by atoms with Gasteiger partial charge in [-0.25, -0.2) is 0 Å². The van der Waals surface area contributed by atoms with Crippen LogP contribution in [-0.2, 0) is 4.52 Å². The molecule has 5 N–H and O–H groups in total. The van der Waals surface area contributed by atoms with Crippen molar-refractivity contribution >= 4 is 8.53 Å². The second-order valence-corrected chi connectivity index (χ2v) is 2.14. The molecule has 0 amide bonds. The van der Waals surface area contributed by atoms with Crippen LogP contribution in [0.2, 0.25) is 0 Å². The van der Waals surface area contributed by atoms with Gasteiger partial charge in [-0.3, -0.25) is 5.50 Å². The smallest absolute Gasteiger partial charge is 0.250 e. The average molecular weight is 138 g/mol. The Morgan fingerprint density at radius 3 is 2.62 bits per heavy atom. The average Bonchev–Trinajstić information content (AvgIpc) is 1.66. The molecule has 0 aliphatic carbocycles. The van der Waals surface area contributed by atoms with Gasteiger partial charge in [0.05, 0.1) is 6.61 Å². The van der Waals surface area contributed by atoms with Crippen LogP contribution in [0.15, 0.2) is 0 Å². The van der Waals surface area contributed by atoms with E-state index in [-0.39, 0.29) is 0 Å². The Bertz CT molecular complexity index is 52.5. The van der Waals surface area contributed by atoms with Gasteiger partial charge in [0, 0.05) is 0 Å². The highest BCUT2D eigenvalue weighted by Crippen LogP contribution is 2.18. The van der Waals surface area contributed by atoms with Crippen LogP contribution in [0.4, 0.5) is 0 Å². The molecule has 0 saturated heterocycles. The quantitative estimate of drug-likeness (QED) is 0.362. The van der Waals surface area contributed by atoms with Crippen LogP contribution >= 0.6 is 8.53 Å². The van der Waals surface area contributed by atoms with Gasteiger partial charge in [-0.1, -0.05) is 0 Å². The van der Waals surface area contributed by atoms with Gasteiger partial charge in [0.1, 0.15) is 0 Å². The fourth-order valence-corrected chi connectivity index (χ4v) is 0.558. The Hall–Kier alpha value is 0.270. The highest BCUT2D eigenvalue weighted by molar-refractivity contribution is 7.43. The molecule has 50 valence electrons. The van der Waals surface area contributed by atoms with Gasteiger partial charge in [-0.05, 0) is 13.0 Å². The summed E-state index contributed by atoms with van der Waals surface area (Å²) in [6, 6.07) is 0. The van der Waals surface area contributed by atoms with Crippen LogP contribution in [0.1, 0.15) is 6.42 Å². The van der Waals surface area contributed by atoms with E-state index in [1.807, 2.05) is 0 Å². The van der Waals surface area contributed by atoms with E-state index in [1.54, 1.807) is 0 Å². The number of hydrogen-bond donors (Lipinski definition) is 3. The van der Waals surface area contributed by atoms with Crippen molar-refractivity contribution in [2.24, 2.45) is 11.2 Å². The number of nitrogens with two attached hydrogens (primary N) is 2. The Balaban J connectivity index is 2.72. The van der Waals surface area contributed by atoms with Crippen LogP contribution in [0.5, 0.6) is 0 Å². The highest BCUT2D eigenvalue weighted by Gasteiger charge is 1.92. The first kappa shape index (κ1) is 8.27. The van der Waals surface area contributed by atoms with E-state index in [0.29, 0.717) is 13.2 Å². The molecule has 0 aromatic carbocycles. The predicted octanol–water partition coefficient (Wildman–Crippen LogP) is -0.470. The molecule has 0 fully saturated rings. The summed E-state index contributed by atoms with van der Waals surface area (Å²) >= 11 is 0. The van der Waals surface area contributed by atoms with E-state index >= 15 is 0 Å². The zero-order chi connectivity index (χ0) is 6.41. The monoisotopic (exact) mass is 138 g/mol. The third-order valence-electron chi connectivity index (χ3n) is 0.572. The lowest BCUT2D eigenvalue weighted by Gasteiger charge is -2.01. The second-order valence-electron chi connectivity index (χ2n) is 1.28. The minimum Gasteiger partial charge on any atom is -0.338 e. The van der Waals surface area contributed by atoms with E-state index in [0.717, 1.165) is 6.42 Å². The summed E-state index contributed by atoms with van der Waals surface area (Å²) in [5.74, 6) is 0. The maximum absolute atomic E-state index is 8.36. The van der Waals surface area contributed by atoms with Crippen molar-refractivity contribution < 1.29 is 9.42 Å². The van der Waals surface area contributed by atoms with Gasteiger partial charge in [-0.15, -0.1) is 0 Å². The summed E-state index contributed by atoms with van der Waals surface area (Å²) in [5.41, 5.74) is 10.0. The lowest BCUT2D eigenvalue weighted by molar-refractivity contribution is 0.307. The molecule has 8 heavy (non-hydrogen) atoms. The van der Waals surface area contributed by atoms with Crippen LogP contribution in [0, 0.1) is 0 Å². The number of hydrogen-bond acceptors (Lipinski definition) is 4. The van der Waals surface area contributed by atoms with Crippen molar-refractivity contribution in [3.63, 3.8) is 0 Å². The van der Waals surface area contributed by atoms with E-state index < -0.39 is 8.53 Å².